The molecule has 2 unspecified atom stereocenters. The maximum absolute atomic E-state index is 9.80. The number of benzene rings is 1. The standard InChI is InChI=1S/C14H15Cl2N5O2/c15-7-1-2-11(16)10(3-7)12-18-13(17)20-14(19-12)21-5-9(23)4-8(21)6-22/h1-3,8-9,22-23H,4-6H2,(H2,17,18,19,20). The molecule has 1 aliphatic rings. The van der Waals surface area contributed by atoms with E-state index in [-0.39, 0.29) is 24.4 Å². The molecule has 4 N–H and O–H groups in total. The van der Waals surface area contributed by atoms with Crippen LogP contribution < -0.4 is 10.6 Å². The Kier molecular flexibility index (Phi) is 4.54. The summed E-state index contributed by atoms with van der Waals surface area (Å²) in [5.41, 5.74) is 6.32. The number of aliphatic hydroxyl groups is 2. The van der Waals surface area contributed by atoms with E-state index in [1.54, 1.807) is 23.1 Å². The van der Waals surface area contributed by atoms with Crippen LogP contribution in [0, 0.1) is 0 Å². The number of nitrogen functional groups attached to an aromatic ring is 1. The number of nitrogens with two attached hydrogens (primary N) is 1. The second-order valence-electron chi connectivity index (χ2n) is 5.32. The Morgan fingerprint density at radius 2 is 2.04 bits per heavy atom. The molecule has 23 heavy (non-hydrogen) atoms. The van der Waals surface area contributed by atoms with Crippen LogP contribution >= 0.6 is 23.2 Å². The van der Waals surface area contributed by atoms with Crippen molar-refractivity contribution in [3.05, 3.63) is 28.2 Å². The van der Waals surface area contributed by atoms with Crippen molar-refractivity contribution < 1.29 is 10.2 Å². The maximum atomic E-state index is 9.80. The Morgan fingerprint density at radius 3 is 2.78 bits per heavy atom. The predicted molar refractivity (Wildman–Crippen MR) is 88.5 cm³/mol. The van der Waals surface area contributed by atoms with Crippen molar-refractivity contribution >= 4 is 35.1 Å². The van der Waals surface area contributed by atoms with Crippen molar-refractivity contribution in [2.75, 3.05) is 23.8 Å². The monoisotopic (exact) mass is 355 g/mol. The van der Waals surface area contributed by atoms with Crippen molar-refractivity contribution in [3.8, 4) is 11.4 Å². The van der Waals surface area contributed by atoms with E-state index < -0.39 is 6.10 Å². The maximum Gasteiger partial charge on any atom is 0.231 e. The van der Waals surface area contributed by atoms with Crippen LogP contribution in [0.3, 0.4) is 0 Å². The number of halogens is 2. The highest BCUT2D eigenvalue weighted by Gasteiger charge is 2.32. The first-order valence-corrected chi connectivity index (χ1v) is 7.76. The zero-order valence-corrected chi connectivity index (χ0v) is 13.5. The number of hydrogen-bond donors (Lipinski definition) is 3. The molecular weight excluding hydrogens is 341 g/mol. The molecule has 1 saturated heterocycles. The molecule has 0 amide bonds. The lowest BCUT2D eigenvalue weighted by atomic mass is 10.2. The van der Waals surface area contributed by atoms with E-state index >= 15 is 0 Å². The van der Waals surface area contributed by atoms with Crippen molar-refractivity contribution in [3.63, 3.8) is 0 Å². The molecule has 2 heterocycles. The molecule has 0 aliphatic carbocycles. The van der Waals surface area contributed by atoms with Gasteiger partial charge in [-0.1, -0.05) is 23.2 Å². The molecule has 1 fully saturated rings. The van der Waals surface area contributed by atoms with Gasteiger partial charge in [0.25, 0.3) is 0 Å². The van der Waals surface area contributed by atoms with Gasteiger partial charge in [-0.3, -0.25) is 0 Å². The van der Waals surface area contributed by atoms with Crippen LogP contribution in [0.4, 0.5) is 11.9 Å². The number of aromatic nitrogens is 3. The lowest BCUT2D eigenvalue weighted by Crippen LogP contribution is -2.34. The molecule has 0 saturated carbocycles. The number of β-amino-alcohol motifs (C(OH)–C–C–N with tert-alkyl or cyclic N) is 1. The molecule has 2 aromatic rings. The summed E-state index contributed by atoms with van der Waals surface area (Å²) >= 11 is 12.2. The smallest absolute Gasteiger partial charge is 0.231 e. The molecule has 9 heteroatoms. The molecule has 7 nitrogen and oxygen atoms in total. The van der Waals surface area contributed by atoms with Gasteiger partial charge >= 0.3 is 0 Å². The van der Waals surface area contributed by atoms with Gasteiger partial charge in [0.15, 0.2) is 5.82 Å². The summed E-state index contributed by atoms with van der Waals surface area (Å²) in [6.07, 6.45) is -0.113. The zero-order valence-electron chi connectivity index (χ0n) is 12.0. The van der Waals surface area contributed by atoms with Gasteiger partial charge in [-0.05, 0) is 24.6 Å². The number of hydrogen-bond acceptors (Lipinski definition) is 7. The van der Waals surface area contributed by atoms with E-state index in [0.717, 1.165) is 0 Å². The second-order valence-corrected chi connectivity index (χ2v) is 6.16. The average molecular weight is 356 g/mol. The molecule has 0 spiro atoms. The second kappa shape index (κ2) is 6.45. The minimum atomic E-state index is -0.552. The summed E-state index contributed by atoms with van der Waals surface area (Å²) in [6, 6.07) is 4.69. The van der Waals surface area contributed by atoms with Crippen molar-refractivity contribution in [2.24, 2.45) is 0 Å². The van der Waals surface area contributed by atoms with E-state index in [9.17, 15) is 10.2 Å². The van der Waals surface area contributed by atoms with E-state index in [0.29, 0.717) is 34.5 Å². The summed E-state index contributed by atoms with van der Waals surface area (Å²) < 4.78 is 0. The molecule has 1 aliphatic heterocycles. The summed E-state index contributed by atoms with van der Waals surface area (Å²) in [5, 5.41) is 20.2. The summed E-state index contributed by atoms with van der Waals surface area (Å²) in [4.78, 5) is 14.3. The van der Waals surface area contributed by atoms with E-state index in [4.69, 9.17) is 28.9 Å². The lowest BCUT2D eigenvalue weighted by Gasteiger charge is -2.23. The van der Waals surface area contributed by atoms with Gasteiger partial charge in [-0.25, -0.2) is 0 Å². The van der Waals surface area contributed by atoms with Crippen LogP contribution in [0.15, 0.2) is 18.2 Å². The molecule has 0 bridgehead atoms. The van der Waals surface area contributed by atoms with Crippen molar-refractivity contribution in [2.45, 2.75) is 18.6 Å². The van der Waals surface area contributed by atoms with Crippen LogP contribution in [-0.2, 0) is 0 Å². The Bertz CT molecular complexity index is 730. The average Bonchev–Trinajstić information content (AvgIpc) is 2.90. The largest absolute Gasteiger partial charge is 0.394 e. The molecular formula is C14H15Cl2N5O2. The molecule has 3 rings (SSSR count). The number of nitrogens with zero attached hydrogens (tertiary/aromatic N) is 4. The normalized spacial score (nSPS) is 21.0. The Balaban J connectivity index is 2.04. The fraction of sp³-hybridized carbons (Fsp3) is 0.357. The van der Waals surface area contributed by atoms with Gasteiger partial charge in [0, 0.05) is 17.1 Å². The number of aliphatic hydroxyl groups excluding tert-OH is 2. The predicted octanol–water partition coefficient (Wildman–Crippen LogP) is 1.36. The van der Waals surface area contributed by atoms with Gasteiger partial charge in [0.05, 0.1) is 23.8 Å². The third-order valence-electron chi connectivity index (χ3n) is 3.67. The van der Waals surface area contributed by atoms with Crippen molar-refractivity contribution in [1.29, 1.82) is 0 Å². The van der Waals surface area contributed by atoms with E-state index in [1.165, 1.54) is 0 Å². The number of rotatable bonds is 3. The van der Waals surface area contributed by atoms with E-state index in [2.05, 4.69) is 15.0 Å². The quantitative estimate of drug-likeness (QED) is 0.762. The van der Waals surface area contributed by atoms with Gasteiger partial charge < -0.3 is 20.8 Å². The van der Waals surface area contributed by atoms with Crippen molar-refractivity contribution in [1.82, 2.24) is 15.0 Å². The Hall–Kier alpha value is -1.67. The third-order valence-corrected chi connectivity index (χ3v) is 4.23. The molecule has 0 radical (unpaired) electrons. The van der Waals surface area contributed by atoms with Crippen LogP contribution in [0.2, 0.25) is 10.0 Å². The SMILES string of the molecule is Nc1nc(-c2cc(Cl)ccc2Cl)nc(N2CC(O)CC2CO)n1. The Morgan fingerprint density at radius 1 is 1.26 bits per heavy atom. The molecule has 2 atom stereocenters. The van der Waals surface area contributed by atoms with E-state index in [1.807, 2.05) is 0 Å². The Labute approximate surface area is 142 Å². The third kappa shape index (κ3) is 3.32. The zero-order chi connectivity index (χ0) is 16.6. The van der Waals surface area contributed by atoms with Crippen LogP contribution in [0.1, 0.15) is 6.42 Å². The highest BCUT2D eigenvalue weighted by Crippen LogP contribution is 2.30. The fourth-order valence-electron chi connectivity index (χ4n) is 2.61. The number of anilines is 2. The topological polar surface area (TPSA) is 108 Å². The summed E-state index contributed by atoms with van der Waals surface area (Å²) in [5.74, 6) is 0.608. The molecule has 1 aromatic heterocycles. The first-order valence-electron chi connectivity index (χ1n) is 7.00. The lowest BCUT2D eigenvalue weighted by molar-refractivity contribution is 0.184. The molecule has 1 aromatic carbocycles. The van der Waals surface area contributed by atoms with Gasteiger partial charge in [0.1, 0.15) is 0 Å². The first kappa shape index (κ1) is 16.2. The summed E-state index contributed by atoms with van der Waals surface area (Å²) in [7, 11) is 0. The summed E-state index contributed by atoms with van der Waals surface area (Å²) in [6.45, 7) is 0.202. The first-order chi connectivity index (χ1) is 11.0. The minimum Gasteiger partial charge on any atom is -0.394 e. The van der Waals surface area contributed by atoms with Gasteiger partial charge in [0.2, 0.25) is 11.9 Å². The van der Waals surface area contributed by atoms with Crippen LogP contribution in [0.5, 0.6) is 0 Å². The van der Waals surface area contributed by atoms with Gasteiger partial charge in [-0.2, -0.15) is 15.0 Å². The van der Waals surface area contributed by atoms with Gasteiger partial charge in [-0.15, -0.1) is 0 Å². The molecule has 122 valence electrons. The highest BCUT2D eigenvalue weighted by molar-refractivity contribution is 6.35. The fourth-order valence-corrected chi connectivity index (χ4v) is 2.98. The van der Waals surface area contributed by atoms with Crippen LogP contribution in [0.25, 0.3) is 11.4 Å². The minimum absolute atomic E-state index is 0.0270. The highest BCUT2D eigenvalue weighted by atomic mass is 35.5. The van der Waals surface area contributed by atoms with Crippen LogP contribution in [-0.4, -0.2) is 50.5 Å².